The molecule has 2 aromatic carbocycles. The molecule has 1 aliphatic carbocycles. The second-order valence-corrected chi connectivity index (χ2v) is 8.58. The number of ether oxygens (including phenoxy) is 1. The molecule has 1 N–H and O–H groups in total. The van der Waals surface area contributed by atoms with E-state index in [0.717, 1.165) is 30.6 Å². The summed E-state index contributed by atoms with van der Waals surface area (Å²) in [5, 5.41) is 12.1. The third-order valence-corrected chi connectivity index (χ3v) is 5.21. The molecule has 5 heteroatoms. The Bertz CT molecular complexity index is 924. The molecule has 0 heterocycles. The molecule has 152 valence electrons. The van der Waals surface area contributed by atoms with E-state index < -0.39 is 5.60 Å². The monoisotopic (exact) mass is 391 g/mol. The third-order valence-electron chi connectivity index (χ3n) is 5.21. The van der Waals surface area contributed by atoms with Crippen molar-refractivity contribution < 1.29 is 9.53 Å². The molecule has 0 aromatic heterocycles. The van der Waals surface area contributed by atoms with Crippen molar-refractivity contribution in [2.45, 2.75) is 51.6 Å². The van der Waals surface area contributed by atoms with Gasteiger partial charge in [-0.3, -0.25) is 0 Å². The van der Waals surface area contributed by atoms with E-state index in [2.05, 4.69) is 34.5 Å². The fourth-order valence-electron chi connectivity index (χ4n) is 3.78. The van der Waals surface area contributed by atoms with Crippen molar-refractivity contribution in [2.75, 3.05) is 18.5 Å². The molecule has 0 unspecified atom stereocenters. The van der Waals surface area contributed by atoms with Crippen LogP contribution < -0.4 is 10.2 Å². The van der Waals surface area contributed by atoms with Crippen molar-refractivity contribution in [3.8, 4) is 6.07 Å². The Hall–Kier alpha value is -3.00. The summed E-state index contributed by atoms with van der Waals surface area (Å²) in [6.45, 7) is 6.19. The first-order valence-corrected chi connectivity index (χ1v) is 10.1. The Morgan fingerprint density at radius 1 is 1.24 bits per heavy atom. The van der Waals surface area contributed by atoms with Gasteiger partial charge in [-0.2, -0.15) is 5.26 Å². The van der Waals surface area contributed by atoms with E-state index in [1.807, 2.05) is 52.1 Å². The van der Waals surface area contributed by atoms with Crippen molar-refractivity contribution in [1.82, 2.24) is 5.32 Å². The summed E-state index contributed by atoms with van der Waals surface area (Å²) >= 11 is 0. The lowest BCUT2D eigenvalue weighted by Gasteiger charge is -2.28. The molecular weight excluding hydrogens is 362 g/mol. The number of nitriles is 1. The van der Waals surface area contributed by atoms with E-state index in [-0.39, 0.29) is 6.09 Å². The molecule has 0 bridgehead atoms. The normalized spacial score (nSPS) is 15.8. The van der Waals surface area contributed by atoms with Gasteiger partial charge in [-0.1, -0.05) is 12.1 Å². The van der Waals surface area contributed by atoms with Crippen LogP contribution in [0, 0.1) is 11.3 Å². The van der Waals surface area contributed by atoms with Gasteiger partial charge in [0.05, 0.1) is 11.6 Å². The zero-order chi connectivity index (χ0) is 21.0. The van der Waals surface area contributed by atoms with Crippen molar-refractivity contribution in [2.24, 2.45) is 0 Å². The standard InChI is InChI=1S/C24H29N3O2/c1-24(2,3)29-23(28)26-16-19-9-6-8-18-14-21(11-12-22(18)19)27(4)20-10-5-7-17(13-20)15-25/h5,7,10-14,19H,6,8-9,16H2,1-4H3,(H,26,28)/t19-/m0/s1. The predicted octanol–water partition coefficient (Wildman–Crippen LogP) is 5.27. The Labute approximate surface area is 173 Å². The van der Waals surface area contributed by atoms with Gasteiger partial charge in [-0.15, -0.1) is 0 Å². The van der Waals surface area contributed by atoms with Gasteiger partial charge in [0, 0.05) is 30.9 Å². The van der Waals surface area contributed by atoms with Crippen molar-refractivity contribution in [3.63, 3.8) is 0 Å². The molecule has 5 nitrogen and oxygen atoms in total. The summed E-state index contributed by atoms with van der Waals surface area (Å²) in [6.07, 6.45) is 2.84. The number of benzene rings is 2. The summed E-state index contributed by atoms with van der Waals surface area (Å²) in [5.41, 5.74) is 4.88. The van der Waals surface area contributed by atoms with E-state index >= 15 is 0 Å². The first kappa shape index (κ1) is 20.7. The molecule has 1 aliphatic rings. The maximum absolute atomic E-state index is 12.0. The molecule has 3 rings (SSSR count). The molecule has 0 aliphatic heterocycles. The van der Waals surface area contributed by atoms with Gasteiger partial charge in [-0.05, 0) is 81.5 Å². The van der Waals surface area contributed by atoms with Crippen LogP contribution in [-0.2, 0) is 11.2 Å². The van der Waals surface area contributed by atoms with Crippen molar-refractivity contribution in [1.29, 1.82) is 5.26 Å². The van der Waals surface area contributed by atoms with E-state index in [9.17, 15) is 4.79 Å². The largest absolute Gasteiger partial charge is 0.444 e. The lowest BCUT2D eigenvalue weighted by Crippen LogP contribution is -2.35. The molecule has 0 fully saturated rings. The average Bonchev–Trinajstić information content (AvgIpc) is 2.70. The smallest absolute Gasteiger partial charge is 0.407 e. The maximum atomic E-state index is 12.0. The Morgan fingerprint density at radius 3 is 2.72 bits per heavy atom. The number of hydrogen-bond acceptors (Lipinski definition) is 4. The Kier molecular flexibility index (Phi) is 6.12. The number of alkyl carbamates (subject to hydrolysis) is 1. The van der Waals surface area contributed by atoms with Crippen LogP contribution in [0.1, 0.15) is 56.2 Å². The average molecular weight is 392 g/mol. The van der Waals surface area contributed by atoms with Gasteiger partial charge >= 0.3 is 6.09 Å². The van der Waals surface area contributed by atoms with Crippen LogP contribution in [0.2, 0.25) is 0 Å². The van der Waals surface area contributed by atoms with Gasteiger partial charge in [-0.25, -0.2) is 4.79 Å². The van der Waals surface area contributed by atoms with Gasteiger partial charge in [0.15, 0.2) is 0 Å². The number of nitrogens with zero attached hydrogens (tertiary/aromatic N) is 2. The number of anilines is 2. The Balaban J connectivity index is 1.73. The van der Waals surface area contributed by atoms with Gasteiger partial charge < -0.3 is 15.0 Å². The Morgan fingerprint density at radius 2 is 2.00 bits per heavy atom. The highest BCUT2D eigenvalue weighted by atomic mass is 16.6. The highest BCUT2D eigenvalue weighted by molar-refractivity contribution is 5.68. The topological polar surface area (TPSA) is 65.4 Å². The highest BCUT2D eigenvalue weighted by Crippen LogP contribution is 2.35. The van der Waals surface area contributed by atoms with E-state index in [0.29, 0.717) is 18.0 Å². The molecule has 1 amide bonds. The summed E-state index contributed by atoms with van der Waals surface area (Å²) < 4.78 is 5.36. The third kappa shape index (κ3) is 5.29. The van der Waals surface area contributed by atoms with Crippen LogP contribution in [0.25, 0.3) is 0 Å². The van der Waals surface area contributed by atoms with Gasteiger partial charge in [0.1, 0.15) is 5.60 Å². The molecule has 0 radical (unpaired) electrons. The van der Waals surface area contributed by atoms with Crippen molar-refractivity contribution in [3.05, 3.63) is 59.2 Å². The van der Waals surface area contributed by atoms with Gasteiger partial charge in [0.2, 0.25) is 0 Å². The highest BCUT2D eigenvalue weighted by Gasteiger charge is 2.23. The first-order valence-electron chi connectivity index (χ1n) is 10.1. The lowest BCUT2D eigenvalue weighted by molar-refractivity contribution is 0.0523. The van der Waals surface area contributed by atoms with E-state index in [1.54, 1.807) is 0 Å². The summed E-state index contributed by atoms with van der Waals surface area (Å²) in [7, 11) is 2.02. The minimum absolute atomic E-state index is 0.299. The quantitative estimate of drug-likeness (QED) is 0.771. The van der Waals surface area contributed by atoms with Crippen LogP contribution in [0.4, 0.5) is 16.2 Å². The molecule has 0 spiro atoms. The second-order valence-electron chi connectivity index (χ2n) is 8.58. The van der Waals surface area contributed by atoms with Crippen LogP contribution in [-0.4, -0.2) is 25.3 Å². The molecule has 0 saturated carbocycles. The number of amides is 1. The number of carbonyl (C=O) groups excluding carboxylic acids is 1. The van der Waals surface area contributed by atoms with Crippen LogP contribution in [0.5, 0.6) is 0 Å². The SMILES string of the molecule is CN(c1cccc(C#N)c1)c1ccc2c(c1)CCC[C@H]2CNC(=O)OC(C)(C)C. The van der Waals surface area contributed by atoms with Crippen LogP contribution >= 0.6 is 0 Å². The number of nitrogens with one attached hydrogen (secondary N) is 1. The van der Waals surface area contributed by atoms with Crippen LogP contribution in [0.15, 0.2) is 42.5 Å². The fourth-order valence-corrected chi connectivity index (χ4v) is 3.78. The minimum atomic E-state index is -0.489. The molecule has 29 heavy (non-hydrogen) atoms. The van der Waals surface area contributed by atoms with Crippen LogP contribution in [0.3, 0.4) is 0 Å². The number of carbonyl (C=O) groups is 1. The number of aryl methyl sites for hydroxylation is 1. The summed E-state index contributed by atoms with van der Waals surface area (Å²) in [5.74, 6) is 0.299. The summed E-state index contributed by atoms with van der Waals surface area (Å²) in [4.78, 5) is 14.1. The predicted molar refractivity (Wildman–Crippen MR) is 116 cm³/mol. The second kappa shape index (κ2) is 8.57. The van der Waals surface area contributed by atoms with E-state index in [4.69, 9.17) is 10.00 Å². The van der Waals surface area contributed by atoms with Gasteiger partial charge in [0.25, 0.3) is 0 Å². The molecular formula is C24H29N3O2. The maximum Gasteiger partial charge on any atom is 0.407 e. The summed E-state index contributed by atoms with van der Waals surface area (Å²) in [6, 6.07) is 16.3. The fraction of sp³-hybridized carbons (Fsp3) is 0.417. The molecule has 2 aromatic rings. The molecule has 1 atom stereocenters. The number of hydrogen-bond donors (Lipinski definition) is 1. The minimum Gasteiger partial charge on any atom is -0.444 e. The van der Waals surface area contributed by atoms with E-state index in [1.165, 1.54) is 11.1 Å². The van der Waals surface area contributed by atoms with Crippen molar-refractivity contribution >= 4 is 17.5 Å². The number of fused-ring (bicyclic) bond motifs is 1. The molecule has 0 saturated heterocycles. The first-order chi connectivity index (χ1) is 13.8. The zero-order valence-corrected chi connectivity index (χ0v) is 17.7. The number of rotatable bonds is 4. The zero-order valence-electron chi connectivity index (χ0n) is 17.7. The lowest BCUT2D eigenvalue weighted by atomic mass is 9.82.